The first kappa shape index (κ1) is 16.9. The van der Waals surface area contributed by atoms with E-state index in [-0.39, 0.29) is 10.8 Å². The van der Waals surface area contributed by atoms with Crippen molar-refractivity contribution in [1.29, 1.82) is 0 Å². The Bertz CT molecular complexity index is 364. The highest BCUT2D eigenvalue weighted by atomic mass is 32.2. The van der Waals surface area contributed by atoms with Crippen LogP contribution < -0.4 is 0 Å². The molecule has 3 nitrogen and oxygen atoms in total. The molecule has 0 aliphatic rings. The van der Waals surface area contributed by atoms with Crippen LogP contribution in [0.2, 0.25) is 0 Å². The van der Waals surface area contributed by atoms with Gasteiger partial charge in [-0.25, -0.2) is 0 Å². The lowest BCUT2D eigenvalue weighted by molar-refractivity contribution is -0.0464. The molecule has 0 unspecified atom stereocenters. The Morgan fingerprint density at radius 3 is 1.00 bits per heavy atom. The molecule has 17 heavy (non-hydrogen) atoms. The van der Waals surface area contributed by atoms with Gasteiger partial charge in [-0.3, -0.25) is 4.55 Å². The van der Waals surface area contributed by atoms with Crippen LogP contribution in [0.3, 0.4) is 0 Å². The molecule has 0 aromatic rings. The fraction of sp³-hybridized carbons (Fsp3) is 1.00. The Balaban J connectivity index is 6.23. The zero-order valence-corrected chi connectivity index (χ0v) is 13.5. The highest BCUT2D eigenvalue weighted by Crippen LogP contribution is 2.59. The van der Waals surface area contributed by atoms with Crippen LogP contribution in [0.25, 0.3) is 0 Å². The topological polar surface area (TPSA) is 54.4 Å². The van der Waals surface area contributed by atoms with E-state index in [0.29, 0.717) is 0 Å². The predicted octanol–water partition coefficient (Wildman–Crippen LogP) is 3.75. The summed E-state index contributed by atoms with van der Waals surface area (Å²) in [6, 6.07) is 0. The van der Waals surface area contributed by atoms with Gasteiger partial charge in [0.1, 0.15) is 0 Å². The zero-order chi connectivity index (χ0) is 14.5. The van der Waals surface area contributed by atoms with Gasteiger partial charge in [-0.2, -0.15) is 8.42 Å². The van der Waals surface area contributed by atoms with Gasteiger partial charge >= 0.3 is 0 Å². The first-order chi connectivity index (χ1) is 7.00. The summed E-state index contributed by atoms with van der Waals surface area (Å²) in [7, 11) is -4.13. The summed E-state index contributed by atoms with van der Waals surface area (Å²) in [6.07, 6.45) is 0. The van der Waals surface area contributed by atoms with Crippen molar-refractivity contribution in [3.63, 3.8) is 0 Å². The normalized spacial score (nSPS) is 16.1. The predicted molar refractivity (Wildman–Crippen MR) is 72.6 cm³/mol. The molecule has 104 valence electrons. The van der Waals surface area contributed by atoms with Gasteiger partial charge in [0.05, 0.1) is 4.75 Å². The Hall–Kier alpha value is -0.0900. The second kappa shape index (κ2) is 3.95. The van der Waals surface area contributed by atoms with Crippen molar-refractivity contribution in [2.45, 2.75) is 67.1 Å². The summed E-state index contributed by atoms with van der Waals surface area (Å²) in [5.74, 6) is 0. The van der Waals surface area contributed by atoms with Gasteiger partial charge in [0.15, 0.2) is 0 Å². The van der Waals surface area contributed by atoms with Crippen molar-refractivity contribution in [3.8, 4) is 0 Å². The number of hydrogen-bond donors (Lipinski definition) is 1. The third-order valence-electron chi connectivity index (χ3n) is 4.85. The van der Waals surface area contributed by atoms with E-state index >= 15 is 0 Å². The van der Waals surface area contributed by atoms with Gasteiger partial charge in [-0.15, -0.1) is 0 Å². The minimum Gasteiger partial charge on any atom is -0.285 e. The minimum atomic E-state index is -4.13. The van der Waals surface area contributed by atoms with E-state index in [4.69, 9.17) is 0 Å². The molecule has 0 saturated carbocycles. The Labute approximate surface area is 107 Å². The summed E-state index contributed by atoms with van der Waals surface area (Å²) in [6.45, 7) is 17.3. The van der Waals surface area contributed by atoms with Crippen LogP contribution in [-0.2, 0) is 10.1 Å². The molecule has 0 bridgehead atoms. The molecule has 0 fully saturated rings. The third-order valence-corrected chi connectivity index (χ3v) is 6.55. The molecule has 0 radical (unpaired) electrons. The van der Waals surface area contributed by atoms with Gasteiger partial charge in [0.25, 0.3) is 10.1 Å². The van der Waals surface area contributed by atoms with Crippen LogP contribution in [0, 0.1) is 16.2 Å². The quantitative estimate of drug-likeness (QED) is 0.773. The molecule has 0 heterocycles. The standard InChI is InChI=1S/C13H28O3S/c1-10(2,3)13(9,11(4,5)6)12(7,8)17(14,15)16/h1-9H3,(H,14,15,16). The van der Waals surface area contributed by atoms with E-state index in [2.05, 4.69) is 0 Å². The average molecular weight is 264 g/mol. The molecule has 0 aliphatic heterocycles. The van der Waals surface area contributed by atoms with Crippen molar-refractivity contribution in [2.75, 3.05) is 0 Å². The Kier molecular flexibility index (Phi) is 3.93. The molecule has 1 N–H and O–H groups in total. The molecule has 4 heteroatoms. The summed E-state index contributed by atoms with van der Waals surface area (Å²) in [5.41, 5.74) is -1.10. The van der Waals surface area contributed by atoms with Gasteiger partial charge in [0, 0.05) is 0 Å². The third kappa shape index (κ3) is 2.39. The lowest BCUT2D eigenvalue weighted by Crippen LogP contribution is -2.60. The van der Waals surface area contributed by atoms with Crippen LogP contribution >= 0.6 is 0 Å². The summed E-state index contributed by atoms with van der Waals surface area (Å²) < 4.78 is 31.9. The fourth-order valence-electron chi connectivity index (χ4n) is 3.19. The minimum absolute atomic E-state index is 0.259. The molecule has 0 amide bonds. The lowest BCUT2D eigenvalue weighted by Gasteiger charge is -2.58. The largest absolute Gasteiger partial charge is 0.285 e. The smallest absolute Gasteiger partial charge is 0.270 e. The molecule has 0 aromatic carbocycles. The Morgan fingerprint density at radius 1 is 0.706 bits per heavy atom. The van der Waals surface area contributed by atoms with Crippen LogP contribution in [0.1, 0.15) is 62.3 Å². The van der Waals surface area contributed by atoms with Crippen molar-refractivity contribution in [1.82, 2.24) is 0 Å². The van der Waals surface area contributed by atoms with Crippen LogP contribution in [0.4, 0.5) is 0 Å². The molecule has 0 spiro atoms. The van der Waals surface area contributed by atoms with E-state index < -0.39 is 20.3 Å². The maximum atomic E-state index is 11.7. The Morgan fingerprint density at radius 2 is 0.941 bits per heavy atom. The SMILES string of the molecule is CC(C)(C)C(C)(C(C)(C)C)C(C)(C)S(=O)(=O)O. The van der Waals surface area contributed by atoms with Gasteiger partial charge in [-0.1, -0.05) is 48.5 Å². The van der Waals surface area contributed by atoms with E-state index in [0.717, 1.165) is 0 Å². The van der Waals surface area contributed by atoms with Crippen molar-refractivity contribution in [3.05, 3.63) is 0 Å². The van der Waals surface area contributed by atoms with Crippen molar-refractivity contribution >= 4 is 10.1 Å². The average Bonchev–Trinajstić information content (AvgIpc) is 1.95. The number of hydrogen-bond acceptors (Lipinski definition) is 2. The molecular weight excluding hydrogens is 236 g/mol. The summed E-state index contributed by atoms with van der Waals surface area (Å²) >= 11 is 0. The highest BCUT2D eigenvalue weighted by Gasteiger charge is 2.61. The zero-order valence-electron chi connectivity index (χ0n) is 12.7. The second-order valence-electron chi connectivity index (χ2n) is 7.61. The lowest BCUT2D eigenvalue weighted by atomic mass is 9.50. The molecule has 0 atom stereocenters. The molecule has 0 saturated heterocycles. The first-order valence-corrected chi connectivity index (χ1v) is 7.41. The fourth-order valence-corrected chi connectivity index (χ4v) is 4.32. The van der Waals surface area contributed by atoms with Gasteiger partial charge in [0.2, 0.25) is 0 Å². The summed E-state index contributed by atoms with van der Waals surface area (Å²) in [5, 5.41) is 0. The van der Waals surface area contributed by atoms with Gasteiger partial charge in [-0.05, 0) is 30.1 Å². The first-order valence-electron chi connectivity index (χ1n) is 5.97. The maximum Gasteiger partial charge on any atom is 0.270 e. The van der Waals surface area contributed by atoms with E-state index in [1.165, 1.54) is 0 Å². The monoisotopic (exact) mass is 264 g/mol. The molecule has 0 aromatic heterocycles. The van der Waals surface area contributed by atoms with Crippen LogP contribution in [0.15, 0.2) is 0 Å². The summed E-state index contributed by atoms with van der Waals surface area (Å²) in [4.78, 5) is 0. The molecular formula is C13H28O3S. The molecule has 0 rings (SSSR count). The van der Waals surface area contributed by atoms with Crippen molar-refractivity contribution < 1.29 is 13.0 Å². The van der Waals surface area contributed by atoms with E-state index in [9.17, 15) is 13.0 Å². The van der Waals surface area contributed by atoms with E-state index in [1.807, 2.05) is 48.5 Å². The maximum absolute atomic E-state index is 11.7. The van der Waals surface area contributed by atoms with Crippen LogP contribution in [0.5, 0.6) is 0 Å². The number of rotatable bonds is 2. The second-order valence-corrected chi connectivity index (χ2v) is 9.58. The van der Waals surface area contributed by atoms with E-state index in [1.54, 1.807) is 13.8 Å². The highest BCUT2D eigenvalue weighted by molar-refractivity contribution is 7.87. The van der Waals surface area contributed by atoms with Crippen LogP contribution in [-0.4, -0.2) is 17.7 Å². The molecule has 0 aliphatic carbocycles. The van der Waals surface area contributed by atoms with Gasteiger partial charge < -0.3 is 0 Å². The van der Waals surface area contributed by atoms with Crippen molar-refractivity contribution in [2.24, 2.45) is 16.2 Å².